The second-order valence-corrected chi connectivity index (χ2v) is 8.35. The van der Waals surface area contributed by atoms with Crippen LogP contribution in [0, 0.1) is 0 Å². The number of hydrogen-bond acceptors (Lipinski definition) is 5. The van der Waals surface area contributed by atoms with Crippen molar-refractivity contribution in [1.82, 2.24) is 5.32 Å². The van der Waals surface area contributed by atoms with Gasteiger partial charge in [-0.2, -0.15) is 0 Å². The number of carbonyl (C=O) groups excluding carboxylic acids is 2. The Hall–Kier alpha value is -3.22. The molecule has 0 aromatic heterocycles. The maximum absolute atomic E-state index is 12.8. The predicted octanol–water partition coefficient (Wildman–Crippen LogP) is 4.43. The smallest absolute Gasteiger partial charge is 0.412 e. The maximum atomic E-state index is 12.8. The minimum absolute atomic E-state index is 0.197. The number of rotatable bonds is 4. The van der Waals surface area contributed by atoms with Gasteiger partial charge in [0.2, 0.25) is 6.79 Å². The molecule has 1 aliphatic rings. The fourth-order valence-corrected chi connectivity index (χ4v) is 2.87. The van der Waals surface area contributed by atoms with Gasteiger partial charge in [-0.15, -0.1) is 0 Å². The first-order chi connectivity index (χ1) is 13.5. The molecule has 0 aliphatic carbocycles. The van der Waals surface area contributed by atoms with Crippen LogP contribution in [0.3, 0.4) is 0 Å². The Morgan fingerprint density at radius 1 is 0.966 bits per heavy atom. The number of hydrogen-bond donors (Lipinski definition) is 2. The van der Waals surface area contributed by atoms with Crippen LogP contribution >= 0.6 is 0 Å². The first-order valence-electron chi connectivity index (χ1n) is 9.36. The normalized spacial score (nSPS) is 13.0. The number of carbonyl (C=O) groups is 2. The van der Waals surface area contributed by atoms with Gasteiger partial charge < -0.3 is 19.5 Å². The van der Waals surface area contributed by atoms with Crippen molar-refractivity contribution in [2.45, 2.75) is 45.8 Å². The van der Waals surface area contributed by atoms with Crippen LogP contribution in [-0.2, 0) is 10.3 Å². The first-order valence-corrected chi connectivity index (χ1v) is 9.36. The molecule has 2 N–H and O–H groups in total. The number of ether oxygens (including phenoxy) is 3. The summed E-state index contributed by atoms with van der Waals surface area (Å²) in [5, 5.41) is 5.66. The molecule has 0 fully saturated rings. The lowest BCUT2D eigenvalue weighted by Gasteiger charge is -2.27. The van der Waals surface area contributed by atoms with Crippen molar-refractivity contribution >= 4 is 17.7 Å². The van der Waals surface area contributed by atoms with Crippen molar-refractivity contribution in [2.75, 3.05) is 12.1 Å². The predicted molar refractivity (Wildman–Crippen MR) is 109 cm³/mol. The molecule has 0 atom stereocenters. The van der Waals surface area contributed by atoms with Crippen LogP contribution in [0.25, 0.3) is 0 Å². The summed E-state index contributed by atoms with van der Waals surface area (Å²) >= 11 is 0. The van der Waals surface area contributed by atoms with Crippen molar-refractivity contribution in [3.63, 3.8) is 0 Å². The van der Waals surface area contributed by atoms with Gasteiger partial charge in [-0.25, -0.2) is 4.79 Å². The van der Waals surface area contributed by atoms with Crippen LogP contribution in [0.4, 0.5) is 10.5 Å². The third-order valence-electron chi connectivity index (χ3n) is 4.29. The molecule has 1 aliphatic heterocycles. The summed E-state index contributed by atoms with van der Waals surface area (Å²) in [5.74, 6) is 1.09. The molecule has 0 bridgehead atoms. The van der Waals surface area contributed by atoms with E-state index in [1.807, 2.05) is 32.0 Å². The van der Waals surface area contributed by atoms with Gasteiger partial charge in [-0.3, -0.25) is 10.1 Å². The number of anilines is 1. The van der Waals surface area contributed by atoms with E-state index < -0.39 is 17.2 Å². The van der Waals surface area contributed by atoms with Gasteiger partial charge in [-0.1, -0.05) is 12.1 Å². The number of amides is 2. The highest BCUT2D eigenvalue weighted by atomic mass is 16.7. The fourth-order valence-electron chi connectivity index (χ4n) is 2.87. The summed E-state index contributed by atoms with van der Waals surface area (Å²) in [5.41, 5.74) is 0.540. The molecular weight excluding hydrogens is 372 g/mol. The van der Waals surface area contributed by atoms with Crippen molar-refractivity contribution in [2.24, 2.45) is 0 Å². The van der Waals surface area contributed by atoms with E-state index in [9.17, 15) is 9.59 Å². The lowest BCUT2D eigenvalue weighted by Crippen LogP contribution is -2.41. The summed E-state index contributed by atoms with van der Waals surface area (Å²) < 4.78 is 16.0. The molecule has 0 saturated heterocycles. The van der Waals surface area contributed by atoms with Crippen LogP contribution in [0.15, 0.2) is 42.5 Å². The highest BCUT2D eigenvalue weighted by molar-refractivity contribution is 5.96. The van der Waals surface area contributed by atoms with Gasteiger partial charge >= 0.3 is 6.09 Å². The highest BCUT2D eigenvalue weighted by Crippen LogP contribution is 2.35. The summed E-state index contributed by atoms with van der Waals surface area (Å²) in [6.07, 6.45) is -0.573. The molecule has 0 radical (unpaired) electrons. The van der Waals surface area contributed by atoms with Crippen LogP contribution in [0.1, 0.15) is 50.5 Å². The molecule has 1 heterocycles. The number of fused-ring (bicyclic) bond motifs is 1. The molecule has 0 unspecified atom stereocenters. The maximum Gasteiger partial charge on any atom is 0.412 e. The molecule has 0 spiro atoms. The molecule has 0 saturated carbocycles. The largest absolute Gasteiger partial charge is 0.454 e. The molecule has 3 rings (SSSR count). The molecule has 7 nitrogen and oxygen atoms in total. The third-order valence-corrected chi connectivity index (χ3v) is 4.29. The topological polar surface area (TPSA) is 85.9 Å². The summed E-state index contributed by atoms with van der Waals surface area (Å²) in [7, 11) is 0. The second kappa shape index (κ2) is 7.66. The minimum Gasteiger partial charge on any atom is -0.454 e. The Morgan fingerprint density at radius 3 is 2.41 bits per heavy atom. The van der Waals surface area contributed by atoms with Crippen LogP contribution in [-0.4, -0.2) is 24.4 Å². The molecule has 7 heteroatoms. The monoisotopic (exact) mass is 398 g/mol. The summed E-state index contributed by atoms with van der Waals surface area (Å²) in [6, 6.07) is 12.3. The Morgan fingerprint density at radius 2 is 1.69 bits per heavy atom. The molecule has 2 aromatic rings. The lowest BCUT2D eigenvalue weighted by molar-refractivity contribution is 0.0635. The molecular formula is C22H26N2O5. The summed E-state index contributed by atoms with van der Waals surface area (Å²) in [4.78, 5) is 24.8. The van der Waals surface area contributed by atoms with Gasteiger partial charge in [-0.05, 0) is 70.5 Å². The van der Waals surface area contributed by atoms with Crippen molar-refractivity contribution in [1.29, 1.82) is 0 Å². The average molecular weight is 398 g/mol. The van der Waals surface area contributed by atoms with E-state index >= 15 is 0 Å². The zero-order valence-corrected chi connectivity index (χ0v) is 17.3. The van der Waals surface area contributed by atoms with E-state index in [1.54, 1.807) is 45.0 Å². The number of nitrogens with one attached hydrogen (secondary N) is 2. The minimum atomic E-state index is -0.646. The first kappa shape index (κ1) is 20.5. The standard InChI is InChI=1S/C22H26N2O5/c1-21(2,3)29-20(26)23-16-8-6-7-14(11-16)19(25)24-22(4,5)15-9-10-17-18(12-15)28-13-27-17/h6-12H,13H2,1-5H3,(H,23,26)(H,24,25). The van der Waals surface area contributed by atoms with Gasteiger partial charge in [0, 0.05) is 11.3 Å². The third kappa shape index (κ3) is 5.19. The van der Waals surface area contributed by atoms with E-state index in [0.29, 0.717) is 22.7 Å². The van der Waals surface area contributed by atoms with Gasteiger partial charge in [0.15, 0.2) is 11.5 Å². The van der Waals surface area contributed by atoms with Crippen LogP contribution in [0.2, 0.25) is 0 Å². The van der Waals surface area contributed by atoms with E-state index in [0.717, 1.165) is 5.56 Å². The highest BCUT2D eigenvalue weighted by Gasteiger charge is 2.26. The quantitative estimate of drug-likeness (QED) is 0.796. The molecule has 2 aromatic carbocycles. The van der Waals surface area contributed by atoms with Gasteiger partial charge in [0.05, 0.1) is 5.54 Å². The molecule has 29 heavy (non-hydrogen) atoms. The van der Waals surface area contributed by atoms with Crippen molar-refractivity contribution in [3.05, 3.63) is 53.6 Å². The second-order valence-electron chi connectivity index (χ2n) is 8.35. The Balaban J connectivity index is 1.71. The fraction of sp³-hybridized carbons (Fsp3) is 0.364. The van der Waals surface area contributed by atoms with Crippen molar-refractivity contribution in [3.8, 4) is 11.5 Å². The number of benzene rings is 2. The van der Waals surface area contributed by atoms with Crippen LogP contribution in [0.5, 0.6) is 11.5 Å². The van der Waals surface area contributed by atoms with Crippen molar-refractivity contribution < 1.29 is 23.8 Å². The Kier molecular flexibility index (Phi) is 5.42. The van der Waals surface area contributed by atoms with E-state index in [1.165, 1.54) is 0 Å². The van der Waals surface area contributed by atoms with Gasteiger partial charge in [0.1, 0.15) is 5.60 Å². The van der Waals surface area contributed by atoms with Gasteiger partial charge in [0.25, 0.3) is 5.91 Å². The lowest BCUT2D eigenvalue weighted by atomic mass is 9.93. The molecule has 2 amide bonds. The average Bonchev–Trinajstić information content (AvgIpc) is 3.07. The zero-order valence-electron chi connectivity index (χ0n) is 17.3. The van der Waals surface area contributed by atoms with E-state index in [4.69, 9.17) is 14.2 Å². The van der Waals surface area contributed by atoms with Crippen LogP contribution < -0.4 is 20.1 Å². The molecule has 154 valence electrons. The Labute approximate surface area is 170 Å². The van der Waals surface area contributed by atoms with E-state index in [-0.39, 0.29) is 12.7 Å². The zero-order chi connectivity index (χ0) is 21.2. The Bertz CT molecular complexity index is 931. The SMILES string of the molecule is CC(C)(C)OC(=O)Nc1cccc(C(=O)NC(C)(C)c2ccc3c(c2)OCO3)c1. The van der Waals surface area contributed by atoms with E-state index in [2.05, 4.69) is 10.6 Å². The summed E-state index contributed by atoms with van der Waals surface area (Å²) in [6.45, 7) is 9.37.